The van der Waals surface area contributed by atoms with Crippen LogP contribution in [0.25, 0.3) is 0 Å². The molecule has 0 spiro atoms. The van der Waals surface area contributed by atoms with Crippen LogP contribution in [0.4, 0.5) is 0 Å². The zero-order valence-electron chi connectivity index (χ0n) is 15.3. The van der Waals surface area contributed by atoms with Crippen LogP contribution in [0.3, 0.4) is 0 Å². The SMILES string of the molecule is O=C1[C@@H]2[C@H](C(=O)N1/N=C\c1ccccc1OCc1ccccc1)[C@@H]1C=C[C@H]2C1. The van der Waals surface area contributed by atoms with E-state index in [-0.39, 0.29) is 35.5 Å². The molecule has 5 rings (SSSR count). The van der Waals surface area contributed by atoms with Crippen LogP contribution in [-0.2, 0) is 16.2 Å². The van der Waals surface area contributed by atoms with Crippen LogP contribution >= 0.6 is 0 Å². The van der Waals surface area contributed by atoms with E-state index in [2.05, 4.69) is 17.3 Å². The molecule has 4 atom stereocenters. The third-order valence-corrected chi connectivity index (χ3v) is 5.92. The largest absolute Gasteiger partial charge is 0.488 e. The minimum atomic E-state index is -0.232. The number of allylic oxidation sites excluding steroid dienone is 2. The molecule has 2 aromatic rings. The van der Waals surface area contributed by atoms with Gasteiger partial charge in [-0.05, 0) is 36.0 Å². The Bertz CT molecular complexity index is 952. The molecule has 28 heavy (non-hydrogen) atoms. The van der Waals surface area contributed by atoms with Crippen molar-refractivity contribution in [1.29, 1.82) is 0 Å². The van der Waals surface area contributed by atoms with Gasteiger partial charge in [-0.25, -0.2) is 0 Å². The smallest absolute Gasteiger partial charge is 0.254 e. The molecule has 1 saturated heterocycles. The summed E-state index contributed by atoms with van der Waals surface area (Å²) in [6.07, 6.45) is 6.63. The summed E-state index contributed by atoms with van der Waals surface area (Å²) >= 11 is 0. The number of carbonyl (C=O) groups excluding carboxylic acids is 2. The molecule has 5 nitrogen and oxygen atoms in total. The number of hydrogen-bond acceptors (Lipinski definition) is 4. The van der Waals surface area contributed by atoms with Gasteiger partial charge in [-0.15, -0.1) is 0 Å². The summed E-state index contributed by atoms with van der Waals surface area (Å²) in [5.41, 5.74) is 1.80. The number of para-hydroxylation sites is 1. The lowest BCUT2D eigenvalue weighted by atomic mass is 9.85. The molecule has 140 valence electrons. The average molecular weight is 372 g/mol. The van der Waals surface area contributed by atoms with Gasteiger partial charge in [0.05, 0.1) is 18.1 Å². The molecule has 5 heteroatoms. The Balaban J connectivity index is 1.33. The molecule has 3 aliphatic rings. The molecule has 2 aromatic carbocycles. The van der Waals surface area contributed by atoms with Crippen molar-refractivity contribution in [2.45, 2.75) is 13.0 Å². The van der Waals surface area contributed by atoms with E-state index < -0.39 is 0 Å². The number of nitrogens with zero attached hydrogens (tertiary/aromatic N) is 2. The van der Waals surface area contributed by atoms with Crippen LogP contribution in [0.1, 0.15) is 17.5 Å². The molecule has 2 bridgehead atoms. The molecule has 2 amide bonds. The highest BCUT2D eigenvalue weighted by Gasteiger charge is 2.59. The van der Waals surface area contributed by atoms with Crippen LogP contribution in [0.15, 0.2) is 71.9 Å². The average Bonchev–Trinajstić information content (AvgIpc) is 3.41. The number of benzene rings is 2. The highest BCUT2D eigenvalue weighted by Crippen LogP contribution is 2.52. The normalized spacial score (nSPS) is 27.8. The second-order valence-corrected chi connectivity index (χ2v) is 7.54. The van der Waals surface area contributed by atoms with Gasteiger partial charge in [0.1, 0.15) is 12.4 Å². The van der Waals surface area contributed by atoms with Gasteiger partial charge < -0.3 is 4.74 Å². The molecule has 1 aliphatic heterocycles. The number of hydrogen-bond donors (Lipinski definition) is 0. The van der Waals surface area contributed by atoms with Crippen LogP contribution in [0, 0.1) is 23.7 Å². The maximum absolute atomic E-state index is 12.7. The molecule has 1 heterocycles. The lowest BCUT2D eigenvalue weighted by Crippen LogP contribution is -2.28. The van der Waals surface area contributed by atoms with Crippen molar-refractivity contribution >= 4 is 18.0 Å². The molecule has 0 N–H and O–H groups in total. The van der Waals surface area contributed by atoms with Crippen molar-refractivity contribution in [1.82, 2.24) is 5.01 Å². The Hall–Kier alpha value is -3.21. The van der Waals surface area contributed by atoms with Crippen LogP contribution in [0.5, 0.6) is 5.75 Å². The number of ether oxygens (including phenoxy) is 1. The summed E-state index contributed by atoms with van der Waals surface area (Å²) in [6, 6.07) is 17.4. The fourth-order valence-electron chi connectivity index (χ4n) is 4.57. The van der Waals surface area contributed by atoms with E-state index in [1.807, 2.05) is 54.6 Å². The summed E-state index contributed by atoms with van der Waals surface area (Å²) in [5, 5.41) is 5.32. The second-order valence-electron chi connectivity index (χ2n) is 7.54. The minimum Gasteiger partial charge on any atom is -0.488 e. The minimum absolute atomic E-state index is 0.175. The predicted octanol–water partition coefficient (Wildman–Crippen LogP) is 3.41. The molecule has 2 aliphatic carbocycles. The molecular weight excluding hydrogens is 352 g/mol. The zero-order valence-corrected chi connectivity index (χ0v) is 15.3. The van der Waals surface area contributed by atoms with E-state index in [9.17, 15) is 9.59 Å². The number of carbonyl (C=O) groups is 2. The predicted molar refractivity (Wildman–Crippen MR) is 104 cm³/mol. The van der Waals surface area contributed by atoms with Gasteiger partial charge in [0.25, 0.3) is 11.8 Å². The van der Waals surface area contributed by atoms with Gasteiger partial charge >= 0.3 is 0 Å². The van der Waals surface area contributed by atoms with Gasteiger partial charge in [0.15, 0.2) is 0 Å². The van der Waals surface area contributed by atoms with E-state index in [0.717, 1.165) is 22.6 Å². The first kappa shape index (κ1) is 16.9. The van der Waals surface area contributed by atoms with Gasteiger partial charge in [-0.2, -0.15) is 10.1 Å². The van der Waals surface area contributed by atoms with E-state index in [4.69, 9.17) is 4.74 Å². The lowest BCUT2D eigenvalue weighted by molar-refractivity contribution is -0.140. The summed E-state index contributed by atoms with van der Waals surface area (Å²) < 4.78 is 5.92. The Morgan fingerprint density at radius 2 is 1.57 bits per heavy atom. The molecule has 0 radical (unpaired) electrons. The van der Waals surface area contributed by atoms with Crippen molar-refractivity contribution in [2.24, 2.45) is 28.8 Å². The summed E-state index contributed by atoms with van der Waals surface area (Å²) in [7, 11) is 0. The topological polar surface area (TPSA) is 59.0 Å². The Kier molecular flexibility index (Phi) is 4.08. The first-order valence-corrected chi connectivity index (χ1v) is 9.58. The maximum atomic E-state index is 12.7. The monoisotopic (exact) mass is 372 g/mol. The van der Waals surface area contributed by atoms with Crippen LogP contribution in [0.2, 0.25) is 0 Å². The van der Waals surface area contributed by atoms with Gasteiger partial charge in [0, 0.05) is 5.56 Å². The van der Waals surface area contributed by atoms with E-state index in [1.165, 1.54) is 0 Å². The Morgan fingerprint density at radius 3 is 2.29 bits per heavy atom. The van der Waals surface area contributed by atoms with Crippen molar-refractivity contribution in [3.63, 3.8) is 0 Å². The quantitative estimate of drug-likeness (QED) is 0.459. The highest BCUT2D eigenvalue weighted by atomic mass is 16.5. The van der Waals surface area contributed by atoms with Crippen molar-refractivity contribution in [3.8, 4) is 5.75 Å². The number of hydrazone groups is 1. The molecule has 2 fully saturated rings. The molecular formula is C23H20N2O3. The zero-order chi connectivity index (χ0) is 19.1. The Morgan fingerprint density at radius 1 is 0.929 bits per heavy atom. The molecule has 0 unspecified atom stereocenters. The summed E-state index contributed by atoms with van der Waals surface area (Å²) in [6.45, 7) is 0.437. The first-order chi connectivity index (χ1) is 13.7. The second kappa shape index (κ2) is 6.75. The highest BCUT2D eigenvalue weighted by molar-refractivity contribution is 6.06. The van der Waals surface area contributed by atoms with Crippen LogP contribution in [-0.4, -0.2) is 23.0 Å². The van der Waals surface area contributed by atoms with Crippen molar-refractivity contribution < 1.29 is 14.3 Å². The maximum Gasteiger partial charge on any atom is 0.254 e. The third-order valence-electron chi connectivity index (χ3n) is 5.92. The van der Waals surface area contributed by atoms with E-state index >= 15 is 0 Å². The fraction of sp³-hybridized carbons (Fsp3) is 0.261. The Labute approximate surface area is 163 Å². The standard InChI is InChI=1S/C23H20N2O3/c26-22-20-16-10-11-17(12-16)21(20)23(27)25(22)24-13-18-8-4-5-9-19(18)28-14-15-6-2-1-3-7-15/h1-11,13,16-17,20-21H,12,14H2/b24-13-/t16-,17+,20-,21+. The van der Waals surface area contributed by atoms with Gasteiger partial charge in [-0.1, -0.05) is 54.6 Å². The van der Waals surface area contributed by atoms with Crippen molar-refractivity contribution in [3.05, 3.63) is 77.9 Å². The number of fused-ring (bicyclic) bond motifs is 5. The summed E-state index contributed by atoms with van der Waals surface area (Å²) in [4.78, 5) is 25.5. The molecule has 1 saturated carbocycles. The van der Waals surface area contributed by atoms with Crippen LogP contribution < -0.4 is 4.74 Å². The van der Waals surface area contributed by atoms with Gasteiger partial charge in [0.2, 0.25) is 0 Å². The third kappa shape index (κ3) is 2.74. The number of rotatable bonds is 5. The number of amides is 2. The van der Waals surface area contributed by atoms with Gasteiger partial charge in [-0.3, -0.25) is 9.59 Å². The number of imide groups is 1. The van der Waals surface area contributed by atoms with E-state index in [1.54, 1.807) is 6.21 Å². The first-order valence-electron chi connectivity index (χ1n) is 9.58. The van der Waals surface area contributed by atoms with E-state index in [0.29, 0.717) is 12.4 Å². The fourth-order valence-corrected chi connectivity index (χ4v) is 4.57. The molecule has 0 aromatic heterocycles. The summed E-state index contributed by atoms with van der Waals surface area (Å²) in [5.74, 6) is 0.224. The lowest BCUT2D eigenvalue weighted by Gasteiger charge is -2.13. The van der Waals surface area contributed by atoms with Crippen molar-refractivity contribution in [2.75, 3.05) is 0 Å².